The zero-order valence-corrected chi connectivity index (χ0v) is 12.0. The molecule has 0 amide bonds. The van der Waals surface area contributed by atoms with Crippen molar-refractivity contribution in [2.24, 2.45) is 0 Å². The van der Waals surface area contributed by atoms with Gasteiger partial charge in [0, 0.05) is 11.7 Å². The zero-order chi connectivity index (χ0) is 13.7. The summed E-state index contributed by atoms with van der Waals surface area (Å²) >= 11 is 0. The Morgan fingerprint density at radius 3 is 2.63 bits per heavy atom. The summed E-state index contributed by atoms with van der Waals surface area (Å²) in [5.41, 5.74) is 1.66. The minimum absolute atomic E-state index is 0.248. The number of fused-ring (bicyclic) bond motifs is 1. The van der Waals surface area contributed by atoms with Crippen LogP contribution in [0.25, 0.3) is 10.9 Å². The van der Waals surface area contributed by atoms with Gasteiger partial charge in [0.2, 0.25) is 0 Å². The van der Waals surface area contributed by atoms with Crippen molar-refractivity contribution in [1.82, 2.24) is 4.98 Å². The van der Waals surface area contributed by atoms with E-state index in [0.29, 0.717) is 0 Å². The van der Waals surface area contributed by atoms with E-state index in [1.807, 2.05) is 6.20 Å². The van der Waals surface area contributed by atoms with Crippen LogP contribution in [0.1, 0.15) is 34.1 Å². The maximum absolute atomic E-state index is 6.19. The fraction of sp³-hybridized carbons (Fsp3) is 0.467. The Bertz CT molecular complexity index is 607. The highest BCUT2D eigenvalue weighted by atomic mass is 16.7. The molecule has 0 bridgehead atoms. The summed E-state index contributed by atoms with van der Waals surface area (Å²) in [6, 6.07) is 8.36. The average Bonchev–Trinajstić information content (AvgIpc) is 2.92. The van der Waals surface area contributed by atoms with Crippen LogP contribution < -0.4 is 5.46 Å². The molecule has 1 unspecified atom stereocenters. The minimum atomic E-state index is -0.285. The van der Waals surface area contributed by atoms with Gasteiger partial charge in [0.05, 0.1) is 11.2 Å². The Kier molecular flexibility index (Phi) is 2.77. The first kappa shape index (κ1) is 12.8. The molecule has 19 heavy (non-hydrogen) atoms. The predicted molar refractivity (Wildman–Crippen MR) is 78.6 cm³/mol. The molecular weight excluding hydrogens is 237 g/mol. The van der Waals surface area contributed by atoms with Crippen LogP contribution in [0.3, 0.4) is 0 Å². The number of aromatic nitrogens is 1. The lowest BCUT2D eigenvalue weighted by molar-refractivity contribution is -0.0118. The second kappa shape index (κ2) is 4.12. The van der Waals surface area contributed by atoms with Crippen molar-refractivity contribution in [3.05, 3.63) is 30.5 Å². The molecule has 100 valence electrons. The van der Waals surface area contributed by atoms with Crippen LogP contribution in [0.15, 0.2) is 30.5 Å². The molecular formula is C15H20BNO2. The summed E-state index contributed by atoms with van der Waals surface area (Å²) in [5, 5.41) is 1.21. The monoisotopic (exact) mass is 257 g/mol. The average molecular weight is 257 g/mol. The molecule has 1 saturated heterocycles. The Balaban J connectivity index is 1.95. The number of H-pyrrole nitrogens is 1. The van der Waals surface area contributed by atoms with E-state index < -0.39 is 0 Å². The lowest BCUT2D eigenvalue weighted by Gasteiger charge is -2.35. The standard InChI is InChI=1S/C15H20BNO2/c1-5-15(4)14(2,3)18-16(19-15)12-7-6-11-8-9-17-13(11)10-12/h6-10,17H,5H2,1-4H3. The second-order valence-corrected chi connectivity index (χ2v) is 5.99. The third-order valence-electron chi connectivity index (χ3n) is 4.57. The first-order valence-corrected chi connectivity index (χ1v) is 6.88. The molecule has 0 radical (unpaired) electrons. The molecule has 3 rings (SSSR count). The Morgan fingerprint density at radius 2 is 1.95 bits per heavy atom. The van der Waals surface area contributed by atoms with Gasteiger partial charge in [-0.2, -0.15) is 0 Å². The van der Waals surface area contributed by atoms with Crippen molar-refractivity contribution in [3.8, 4) is 0 Å². The lowest BCUT2D eigenvalue weighted by Crippen LogP contribution is -2.44. The number of nitrogens with one attached hydrogen (secondary N) is 1. The molecule has 4 heteroatoms. The second-order valence-electron chi connectivity index (χ2n) is 5.99. The molecule has 0 spiro atoms. The van der Waals surface area contributed by atoms with E-state index in [4.69, 9.17) is 9.31 Å². The molecule has 1 atom stereocenters. The molecule has 0 aliphatic carbocycles. The van der Waals surface area contributed by atoms with Gasteiger partial charge in [-0.05, 0) is 50.2 Å². The number of hydrogen-bond acceptors (Lipinski definition) is 2. The Hall–Kier alpha value is -1.26. The van der Waals surface area contributed by atoms with Gasteiger partial charge in [0.1, 0.15) is 0 Å². The van der Waals surface area contributed by atoms with Crippen LogP contribution in [0.4, 0.5) is 0 Å². The Labute approximate surface area is 114 Å². The smallest absolute Gasteiger partial charge is 0.399 e. The van der Waals surface area contributed by atoms with E-state index in [1.165, 1.54) is 5.39 Å². The molecule has 1 fully saturated rings. The van der Waals surface area contributed by atoms with Crippen molar-refractivity contribution in [2.45, 2.75) is 45.3 Å². The van der Waals surface area contributed by atoms with Crippen LogP contribution in [-0.4, -0.2) is 23.3 Å². The van der Waals surface area contributed by atoms with Gasteiger partial charge in [0.15, 0.2) is 0 Å². The summed E-state index contributed by atoms with van der Waals surface area (Å²) < 4.78 is 12.3. The number of rotatable bonds is 2. The summed E-state index contributed by atoms with van der Waals surface area (Å²) in [5.74, 6) is 0. The maximum atomic E-state index is 6.19. The number of hydrogen-bond donors (Lipinski definition) is 1. The number of benzene rings is 1. The van der Waals surface area contributed by atoms with Crippen LogP contribution in [0, 0.1) is 0 Å². The molecule has 1 aliphatic rings. The van der Waals surface area contributed by atoms with E-state index in [-0.39, 0.29) is 18.3 Å². The third-order valence-corrected chi connectivity index (χ3v) is 4.57. The van der Waals surface area contributed by atoms with Gasteiger partial charge in [0.25, 0.3) is 0 Å². The molecule has 2 aromatic rings. The number of aromatic amines is 1. The van der Waals surface area contributed by atoms with Crippen molar-refractivity contribution >= 4 is 23.5 Å². The van der Waals surface area contributed by atoms with E-state index in [9.17, 15) is 0 Å². The van der Waals surface area contributed by atoms with E-state index in [1.54, 1.807) is 0 Å². The SMILES string of the molecule is CCC1(C)OB(c2ccc3cc[nH]c3c2)OC1(C)C. The van der Waals surface area contributed by atoms with E-state index in [2.05, 4.69) is 56.9 Å². The predicted octanol–water partition coefficient (Wildman–Crippen LogP) is 2.86. The topological polar surface area (TPSA) is 34.2 Å². The normalized spacial score (nSPS) is 26.2. The molecule has 2 heterocycles. The first-order valence-electron chi connectivity index (χ1n) is 6.88. The van der Waals surface area contributed by atoms with Crippen molar-refractivity contribution < 1.29 is 9.31 Å². The lowest BCUT2D eigenvalue weighted by atomic mass is 9.79. The van der Waals surface area contributed by atoms with E-state index >= 15 is 0 Å². The first-order chi connectivity index (χ1) is 8.95. The van der Waals surface area contributed by atoms with Gasteiger partial charge in [-0.1, -0.05) is 19.1 Å². The summed E-state index contributed by atoms with van der Waals surface area (Å²) in [6.07, 6.45) is 2.88. The third kappa shape index (κ3) is 1.90. The molecule has 1 aromatic heterocycles. The highest BCUT2D eigenvalue weighted by molar-refractivity contribution is 6.62. The van der Waals surface area contributed by atoms with Crippen molar-refractivity contribution in [2.75, 3.05) is 0 Å². The zero-order valence-electron chi connectivity index (χ0n) is 12.0. The summed E-state index contributed by atoms with van der Waals surface area (Å²) in [6.45, 7) is 8.47. The van der Waals surface area contributed by atoms with Crippen molar-refractivity contribution in [1.29, 1.82) is 0 Å². The van der Waals surface area contributed by atoms with Gasteiger partial charge in [-0.25, -0.2) is 0 Å². The summed E-state index contributed by atoms with van der Waals surface area (Å²) in [4.78, 5) is 3.23. The van der Waals surface area contributed by atoms with Crippen LogP contribution in [0.2, 0.25) is 0 Å². The van der Waals surface area contributed by atoms with Gasteiger partial charge in [-0.15, -0.1) is 0 Å². The molecule has 1 N–H and O–H groups in total. The van der Waals surface area contributed by atoms with Gasteiger partial charge in [-0.3, -0.25) is 0 Å². The van der Waals surface area contributed by atoms with E-state index in [0.717, 1.165) is 17.4 Å². The summed E-state index contributed by atoms with van der Waals surface area (Å²) in [7, 11) is -0.285. The maximum Gasteiger partial charge on any atom is 0.494 e. The highest BCUT2D eigenvalue weighted by Gasteiger charge is 2.53. The van der Waals surface area contributed by atoms with Gasteiger partial charge >= 0.3 is 7.12 Å². The molecule has 1 aromatic carbocycles. The van der Waals surface area contributed by atoms with Crippen LogP contribution in [-0.2, 0) is 9.31 Å². The molecule has 3 nitrogen and oxygen atoms in total. The minimum Gasteiger partial charge on any atom is -0.399 e. The largest absolute Gasteiger partial charge is 0.494 e. The van der Waals surface area contributed by atoms with Crippen molar-refractivity contribution in [3.63, 3.8) is 0 Å². The fourth-order valence-corrected chi connectivity index (χ4v) is 2.65. The van der Waals surface area contributed by atoms with Gasteiger partial charge < -0.3 is 14.3 Å². The van der Waals surface area contributed by atoms with Crippen LogP contribution in [0.5, 0.6) is 0 Å². The quantitative estimate of drug-likeness (QED) is 0.839. The van der Waals surface area contributed by atoms with Crippen LogP contribution >= 0.6 is 0 Å². The molecule has 0 saturated carbocycles. The molecule has 1 aliphatic heterocycles. The Morgan fingerprint density at radius 1 is 1.16 bits per heavy atom. The highest BCUT2D eigenvalue weighted by Crippen LogP contribution is 2.39. The fourth-order valence-electron chi connectivity index (χ4n) is 2.65.